The Morgan fingerprint density at radius 3 is 2.20 bits per heavy atom. The van der Waals surface area contributed by atoms with Crippen LogP contribution in [0.1, 0.15) is 20.3 Å². The van der Waals surface area contributed by atoms with Crippen LogP contribution in [0, 0.1) is 5.92 Å². The van der Waals surface area contributed by atoms with Crippen LogP contribution in [0.5, 0.6) is 0 Å². The Morgan fingerprint density at radius 2 is 2.10 bits per heavy atom. The molecule has 0 rings (SSSR count). The van der Waals surface area contributed by atoms with Gasteiger partial charge in [-0.05, 0) is 5.92 Å². The fourth-order valence-corrected chi connectivity index (χ4v) is 0.497. The predicted molar refractivity (Wildman–Crippen MR) is 42.2 cm³/mol. The van der Waals surface area contributed by atoms with E-state index in [1.165, 1.54) is 0 Å². The average Bonchev–Trinajstić information content (AvgIpc) is 1.84. The van der Waals surface area contributed by atoms with E-state index in [9.17, 15) is 4.79 Å². The topological polar surface area (TPSA) is 63.3 Å². The molecule has 0 spiro atoms. The van der Waals surface area contributed by atoms with Gasteiger partial charge in [0.15, 0.2) is 0 Å². The number of carboxylic acid groups (broad SMARTS) is 1. The molecule has 0 aliphatic carbocycles. The minimum atomic E-state index is -0.913. The Balaban J connectivity index is 0. The van der Waals surface area contributed by atoms with Gasteiger partial charge in [-0.25, -0.2) is 0 Å². The summed E-state index contributed by atoms with van der Waals surface area (Å²) in [6.45, 7) is 3.76. The number of hydrogen-bond donors (Lipinski definition) is 2. The third kappa shape index (κ3) is 3.94. The Hall–Kier alpha value is 0.0274. The predicted octanol–water partition coefficient (Wildman–Crippen LogP) is -0.204. The van der Waals surface area contributed by atoms with Crippen LogP contribution in [0.3, 0.4) is 0 Å². The van der Waals surface area contributed by atoms with Crippen LogP contribution in [0.25, 0.3) is 0 Å². The molecule has 0 heterocycles. The molecule has 0 bridgehead atoms. The summed E-state index contributed by atoms with van der Waals surface area (Å²) in [5.74, 6) is -0.841. The molecule has 1 unspecified atom stereocenters. The fourth-order valence-electron chi connectivity index (χ4n) is 0.497. The zero-order valence-electron chi connectivity index (χ0n) is 5.79. The van der Waals surface area contributed by atoms with E-state index in [0.717, 1.165) is 6.42 Å². The van der Waals surface area contributed by atoms with Gasteiger partial charge >= 0.3 is 24.8 Å². The van der Waals surface area contributed by atoms with E-state index in [1.807, 2.05) is 13.8 Å². The molecular weight excluding hydrogens is 125 g/mol. The first-order valence-electron chi connectivity index (χ1n) is 3.08. The van der Waals surface area contributed by atoms with Crippen LogP contribution in [0.2, 0.25) is 0 Å². The van der Waals surface area contributed by atoms with Gasteiger partial charge in [0.25, 0.3) is 0 Å². The molecule has 4 heteroatoms. The first-order valence-corrected chi connectivity index (χ1v) is 3.08. The molecule has 56 valence electrons. The molecular formula is C6H14LiNO2. The van der Waals surface area contributed by atoms with Crippen LogP contribution in [-0.4, -0.2) is 36.0 Å². The molecule has 10 heavy (non-hydrogen) atoms. The molecule has 0 saturated carbocycles. The van der Waals surface area contributed by atoms with Gasteiger partial charge in [0.05, 0.1) is 0 Å². The molecule has 3 N–H and O–H groups in total. The summed E-state index contributed by atoms with van der Waals surface area (Å²) in [5.41, 5.74) is 5.27. The molecule has 0 fully saturated rings. The van der Waals surface area contributed by atoms with Crippen molar-refractivity contribution in [3.05, 3.63) is 0 Å². The van der Waals surface area contributed by atoms with Crippen LogP contribution >= 0.6 is 0 Å². The van der Waals surface area contributed by atoms with Crippen molar-refractivity contribution in [2.75, 3.05) is 0 Å². The van der Waals surface area contributed by atoms with Crippen molar-refractivity contribution < 1.29 is 9.90 Å². The van der Waals surface area contributed by atoms with Crippen molar-refractivity contribution in [1.29, 1.82) is 0 Å². The molecule has 0 amide bonds. The Bertz CT molecular complexity index is 108. The van der Waals surface area contributed by atoms with Gasteiger partial charge in [0.2, 0.25) is 0 Å². The zero-order valence-corrected chi connectivity index (χ0v) is 5.79. The summed E-state index contributed by atoms with van der Waals surface area (Å²) in [7, 11) is 0. The van der Waals surface area contributed by atoms with Crippen molar-refractivity contribution in [1.82, 2.24) is 0 Å². The van der Waals surface area contributed by atoms with Gasteiger partial charge in [0.1, 0.15) is 6.04 Å². The van der Waals surface area contributed by atoms with Crippen molar-refractivity contribution >= 4 is 24.8 Å². The minimum absolute atomic E-state index is 0. The van der Waals surface area contributed by atoms with E-state index < -0.39 is 12.0 Å². The zero-order chi connectivity index (χ0) is 7.44. The Morgan fingerprint density at radius 1 is 1.70 bits per heavy atom. The SMILES string of the molecule is CCC(C)[C@H](N)C(=O)O.[LiH]. The van der Waals surface area contributed by atoms with Crippen LogP contribution < -0.4 is 5.73 Å². The summed E-state index contributed by atoms with van der Waals surface area (Å²) < 4.78 is 0. The normalized spacial score (nSPS) is 15.1. The first kappa shape index (κ1) is 12.7. The number of carbonyl (C=O) groups is 1. The standard InChI is InChI=1S/C6H13NO2.Li.H/c1-3-4(2)5(7)6(8)9;;/h4-5H,3,7H2,1-2H3,(H,8,9);;/t4?,5-;;/m0../s1. The maximum absolute atomic E-state index is 10.2. The van der Waals surface area contributed by atoms with Gasteiger partial charge in [0, 0.05) is 0 Å². The second kappa shape index (κ2) is 5.79. The van der Waals surface area contributed by atoms with Gasteiger partial charge in [-0.3, -0.25) is 4.79 Å². The third-order valence-corrected chi connectivity index (χ3v) is 1.54. The number of hydrogen-bond acceptors (Lipinski definition) is 2. The van der Waals surface area contributed by atoms with Crippen molar-refractivity contribution in [3.8, 4) is 0 Å². The molecule has 0 aromatic heterocycles. The number of aliphatic carboxylic acids is 1. The maximum atomic E-state index is 10.2. The van der Waals surface area contributed by atoms with Crippen LogP contribution in [0.4, 0.5) is 0 Å². The number of nitrogens with two attached hydrogens (primary N) is 1. The van der Waals surface area contributed by atoms with E-state index >= 15 is 0 Å². The Labute approximate surface area is 73.2 Å². The number of rotatable bonds is 3. The monoisotopic (exact) mass is 139 g/mol. The van der Waals surface area contributed by atoms with E-state index in [2.05, 4.69) is 0 Å². The average molecular weight is 139 g/mol. The third-order valence-electron chi connectivity index (χ3n) is 1.54. The van der Waals surface area contributed by atoms with E-state index in [1.54, 1.807) is 0 Å². The van der Waals surface area contributed by atoms with Gasteiger partial charge in [-0.1, -0.05) is 20.3 Å². The molecule has 3 nitrogen and oxygen atoms in total. The van der Waals surface area contributed by atoms with Crippen molar-refractivity contribution in [2.24, 2.45) is 11.7 Å². The Kier molecular flexibility index (Phi) is 7.34. The van der Waals surface area contributed by atoms with Crippen LogP contribution in [-0.2, 0) is 4.79 Å². The van der Waals surface area contributed by atoms with E-state index in [0.29, 0.717) is 0 Å². The molecule has 0 saturated heterocycles. The molecule has 0 aromatic carbocycles. The van der Waals surface area contributed by atoms with Gasteiger partial charge in [-0.2, -0.15) is 0 Å². The first-order chi connectivity index (χ1) is 4.09. The summed E-state index contributed by atoms with van der Waals surface area (Å²) in [4.78, 5) is 10.2. The summed E-state index contributed by atoms with van der Waals surface area (Å²) in [6, 6.07) is -0.699. The summed E-state index contributed by atoms with van der Waals surface area (Å²) in [6.07, 6.45) is 0.813. The molecule has 0 aliphatic rings. The molecule has 2 atom stereocenters. The van der Waals surface area contributed by atoms with Crippen molar-refractivity contribution in [2.45, 2.75) is 26.3 Å². The molecule has 0 aliphatic heterocycles. The van der Waals surface area contributed by atoms with E-state index in [-0.39, 0.29) is 24.8 Å². The molecule has 0 radical (unpaired) electrons. The second-order valence-electron chi connectivity index (χ2n) is 2.25. The van der Waals surface area contributed by atoms with Crippen LogP contribution in [0.15, 0.2) is 0 Å². The summed E-state index contributed by atoms with van der Waals surface area (Å²) >= 11 is 0. The fraction of sp³-hybridized carbons (Fsp3) is 0.833. The van der Waals surface area contributed by atoms with E-state index in [4.69, 9.17) is 10.8 Å². The second-order valence-corrected chi connectivity index (χ2v) is 2.25. The molecule has 0 aromatic rings. The van der Waals surface area contributed by atoms with Gasteiger partial charge in [-0.15, -0.1) is 0 Å². The summed E-state index contributed by atoms with van der Waals surface area (Å²) in [5, 5.41) is 8.36. The quantitative estimate of drug-likeness (QED) is 0.532. The van der Waals surface area contributed by atoms with Gasteiger partial charge < -0.3 is 10.8 Å². The van der Waals surface area contributed by atoms with Crippen molar-refractivity contribution in [3.63, 3.8) is 0 Å². The number of carboxylic acids is 1.